The maximum absolute atomic E-state index is 12.3. The maximum atomic E-state index is 12.3. The lowest BCUT2D eigenvalue weighted by Crippen LogP contribution is -2.20. The lowest BCUT2D eigenvalue weighted by atomic mass is 10.1. The van der Waals surface area contributed by atoms with Gasteiger partial charge in [0, 0.05) is 11.6 Å². The Labute approximate surface area is 144 Å². The van der Waals surface area contributed by atoms with Crippen LogP contribution in [-0.2, 0) is 10.0 Å². The second-order valence-corrected chi connectivity index (χ2v) is 6.85. The minimum absolute atomic E-state index is 0.249. The van der Waals surface area contributed by atoms with E-state index in [-0.39, 0.29) is 10.6 Å². The molecule has 0 saturated carbocycles. The fourth-order valence-electron chi connectivity index (χ4n) is 1.98. The average molecular weight is 358 g/mol. The Balaban J connectivity index is 2.27. The van der Waals surface area contributed by atoms with Gasteiger partial charge in [0.2, 0.25) is 0 Å². The van der Waals surface area contributed by atoms with E-state index in [1.54, 1.807) is 31.2 Å². The van der Waals surface area contributed by atoms with Crippen molar-refractivity contribution < 1.29 is 13.3 Å². The van der Waals surface area contributed by atoms with Crippen molar-refractivity contribution in [3.8, 4) is 6.07 Å². The van der Waals surface area contributed by atoms with Crippen molar-refractivity contribution in [3.05, 3.63) is 69.3 Å². The number of nitro benzene ring substituents is 1. The molecule has 1 N–H and O–H groups in total. The Morgan fingerprint density at radius 2 is 1.88 bits per heavy atom. The number of sulfonamides is 1. The van der Waals surface area contributed by atoms with Crippen LogP contribution in [0.15, 0.2) is 52.5 Å². The number of hydrogen-bond donors (Lipinski definition) is 1. The first-order chi connectivity index (χ1) is 11.7. The molecule has 2 rings (SSSR count). The van der Waals surface area contributed by atoms with E-state index >= 15 is 0 Å². The number of hydrogen-bond acceptors (Lipinski definition) is 6. The molecule has 0 aromatic heterocycles. The third-order valence-electron chi connectivity index (χ3n) is 3.45. The van der Waals surface area contributed by atoms with Crippen LogP contribution in [0.3, 0.4) is 0 Å². The van der Waals surface area contributed by atoms with Gasteiger partial charge in [0.25, 0.3) is 15.7 Å². The third-order valence-corrected chi connectivity index (χ3v) is 4.66. The Morgan fingerprint density at radius 1 is 1.24 bits per heavy atom. The number of benzene rings is 2. The molecule has 128 valence electrons. The average Bonchev–Trinajstić information content (AvgIpc) is 2.59. The lowest BCUT2D eigenvalue weighted by molar-refractivity contribution is -0.385. The monoisotopic (exact) mass is 358 g/mol. The molecular formula is C16H14N4O4S. The second-order valence-electron chi connectivity index (χ2n) is 5.19. The van der Waals surface area contributed by atoms with Gasteiger partial charge in [-0.05, 0) is 37.6 Å². The minimum Gasteiger partial charge on any atom is -0.258 e. The molecule has 0 bridgehead atoms. The van der Waals surface area contributed by atoms with Crippen LogP contribution >= 0.6 is 0 Å². The smallest absolute Gasteiger partial charge is 0.258 e. The van der Waals surface area contributed by atoms with Gasteiger partial charge in [-0.3, -0.25) is 10.1 Å². The van der Waals surface area contributed by atoms with Gasteiger partial charge >= 0.3 is 0 Å². The summed E-state index contributed by atoms with van der Waals surface area (Å²) in [7, 11) is -4.04. The maximum Gasteiger partial charge on any atom is 0.276 e. The molecule has 0 heterocycles. The molecule has 0 amide bonds. The third kappa shape index (κ3) is 4.19. The molecule has 8 nitrogen and oxygen atoms in total. The topological polar surface area (TPSA) is 125 Å². The predicted octanol–water partition coefficient (Wildman–Crippen LogP) is 2.48. The summed E-state index contributed by atoms with van der Waals surface area (Å²) >= 11 is 0. The van der Waals surface area contributed by atoms with Crippen LogP contribution in [0.1, 0.15) is 23.6 Å². The Kier molecular flexibility index (Phi) is 5.14. The van der Waals surface area contributed by atoms with Gasteiger partial charge in [-0.1, -0.05) is 18.2 Å². The molecule has 0 aliphatic carbocycles. The van der Waals surface area contributed by atoms with Crippen molar-refractivity contribution in [2.24, 2.45) is 5.10 Å². The standard InChI is InChI=1S/C16H14N4O4S/c1-11-3-8-15(9-16(11)20(21)22)25(23,24)19-18-12(2)14-6-4-13(10-17)5-7-14/h3-9,19H,1-2H3/b18-12+. The van der Waals surface area contributed by atoms with Crippen molar-refractivity contribution >= 4 is 21.4 Å². The normalized spacial score (nSPS) is 11.6. The van der Waals surface area contributed by atoms with E-state index in [4.69, 9.17) is 5.26 Å². The predicted molar refractivity (Wildman–Crippen MR) is 91.5 cm³/mol. The van der Waals surface area contributed by atoms with Crippen LogP contribution in [-0.4, -0.2) is 19.1 Å². The fraction of sp³-hybridized carbons (Fsp3) is 0.125. The number of hydrazone groups is 1. The summed E-state index contributed by atoms with van der Waals surface area (Å²) in [6.45, 7) is 3.12. The van der Waals surface area contributed by atoms with E-state index in [2.05, 4.69) is 9.93 Å². The van der Waals surface area contributed by atoms with Crippen LogP contribution in [0.25, 0.3) is 0 Å². The number of rotatable bonds is 5. The first-order valence-electron chi connectivity index (χ1n) is 7.06. The Hall–Kier alpha value is -3.25. The largest absolute Gasteiger partial charge is 0.276 e. The second kappa shape index (κ2) is 7.11. The minimum atomic E-state index is -4.04. The molecular weight excluding hydrogens is 344 g/mol. The van der Waals surface area contributed by atoms with E-state index in [1.165, 1.54) is 19.1 Å². The number of aryl methyl sites for hydroxylation is 1. The molecule has 0 unspecified atom stereocenters. The van der Waals surface area contributed by atoms with Crippen LogP contribution in [0, 0.1) is 28.4 Å². The van der Waals surface area contributed by atoms with E-state index < -0.39 is 14.9 Å². The van der Waals surface area contributed by atoms with Gasteiger partial charge < -0.3 is 0 Å². The Morgan fingerprint density at radius 3 is 2.44 bits per heavy atom. The number of nitrogens with zero attached hydrogens (tertiary/aromatic N) is 3. The molecule has 2 aromatic rings. The van der Waals surface area contributed by atoms with Crippen molar-refractivity contribution in [3.63, 3.8) is 0 Å². The molecule has 0 aliphatic heterocycles. The van der Waals surface area contributed by atoms with Crippen LogP contribution in [0.2, 0.25) is 0 Å². The van der Waals surface area contributed by atoms with Crippen molar-refractivity contribution in [2.75, 3.05) is 0 Å². The van der Waals surface area contributed by atoms with E-state index in [9.17, 15) is 18.5 Å². The summed E-state index contributed by atoms with van der Waals surface area (Å²) in [5.41, 5.74) is 1.58. The molecule has 0 fully saturated rings. The van der Waals surface area contributed by atoms with Gasteiger partial charge in [-0.2, -0.15) is 23.6 Å². The molecule has 25 heavy (non-hydrogen) atoms. The summed E-state index contributed by atoms with van der Waals surface area (Å²) in [5.74, 6) is 0. The molecule has 0 aliphatic rings. The molecule has 0 saturated heterocycles. The van der Waals surface area contributed by atoms with E-state index in [0.717, 1.165) is 6.07 Å². The first kappa shape index (κ1) is 18.1. The number of nitrogens with one attached hydrogen (secondary N) is 1. The zero-order chi connectivity index (χ0) is 18.6. The highest BCUT2D eigenvalue weighted by Crippen LogP contribution is 2.22. The van der Waals surface area contributed by atoms with Crippen molar-refractivity contribution in [1.29, 1.82) is 5.26 Å². The highest BCUT2D eigenvalue weighted by atomic mass is 32.2. The van der Waals surface area contributed by atoms with Gasteiger partial charge in [0.05, 0.1) is 27.2 Å². The summed E-state index contributed by atoms with van der Waals surface area (Å²) in [6, 6.07) is 12.1. The fourth-order valence-corrected chi connectivity index (χ4v) is 2.86. The summed E-state index contributed by atoms with van der Waals surface area (Å²) in [5, 5.41) is 23.5. The quantitative estimate of drug-likeness (QED) is 0.499. The van der Waals surface area contributed by atoms with Gasteiger partial charge in [-0.15, -0.1) is 0 Å². The van der Waals surface area contributed by atoms with E-state index in [1.807, 2.05) is 6.07 Å². The number of nitro groups is 1. The van der Waals surface area contributed by atoms with Crippen LogP contribution in [0.4, 0.5) is 5.69 Å². The van der Waals surface area contributed by atoms with E-state index in [0.29, 0.717) is 22.4 Å². The van der Waals surface area contributed by atoms with Crippen molar-refractivity contribution in [1.82, 2.24) is 4.83 Å². The molecule has 2 aromatic carbocycles. The Bertz CT molecular complexity index is 990. The molecule has 0 spiro atoms. The molecule has 0 radical (unpaired) electrons. The molecule has 0 atom stereocenters. The van der Waals surface area contributed by atoms with Gasteiger partial charge in [0.15, 0.2) is 0 Å². The van der Waals surface area contributed by atoms with Gasteiger partial charge in [0.1, 0.15) is 0 Å². The SMILES string of the molecule is C/C(=N\NS(=O)(=O)c1ccc(C)c([N+](=O)[O-])c1)c1ccc(C#N)cc1. The summed E-state index contributed by atoms with van der Waals surface area (Å²) in [4.78, 5) is 12.1. The first-order valence-corrected chi connectivity index (χ1v) is 8.54. The summed E-state index contributed by atoms with van der Waals surface area (Å²) in [6.07, 6.45) is 0. The van der Waals surface area contributed by atoms with Gasteiger partial charge in [-0.25, -0.2) is 0 Å². The zero-order valence-corrected chi connectivity index (χ0v) is 14.2. The van der Waals surface area contributed by atoms with Crippen LogP contribution in [0.5, 0.6) is 0 Å². The molecule has 9 heteroatoms. The summed E-state index contributed by atoms with van der Waals surface area (Å²) < 4.78 is 24.5. The number of nitriles is 1. The lowest BCUT2D eigenvalue weighted by Gasteiger charge is -2.06. The highest BCUT2D eigenvalue weighted by Gasteiger charge is 2.19. The highest BCUT2D eigenvalue weighted by molar-refractivity contribution is 7.89. The zero-order valence-electron chi connectivity index (χ0n) is 13.4. The van der Waals surface area contributed by atoms with Crippen molar-refractivity contribution in [2.45, 2.75) is 18.7 Å². The van der Waals surface area contributed by atoms with Crippen LogP contribution < -0.4 is 4.83 Å².